The van der Waals surface area contributed by atoms with Crippen LogP contribution >= 0.6 is 12.4 Å². The van der Waals surface area contributed by atoms with Crippen LogP contribution in [0.3, 0.4) is 0 Å². The van der Waals surface area contributed by atoms with Gasteiger partial charge in [-0.15, -0.1) is 12.4 Å². The van der Waals surface area contributed by atoms with E-state index in [4.69, 9.17) is 0 Å². The summed E-state index contributed by atoms with van der Waals surface area (Å²) < 4.78 is 28.3. The van der Waals surface area contributed by atoms with Gasteiger partial charge in [0.15, 0.2) is 0 Å². The molecule has 2 N–H and O–H groups in total. The fourth-order valence-corrected chi connectivity index (χ4v) is 4.48. The molecular weight excluding hydrogens is 356 g/mol. The Bertz CT molecular complexity index is 760. The zero-order valence-corrected chi connectivity index (χ0v) is 15.8. The van der Waals surface area contributed by atoms with Crippen molar-refractivity contribution in [2.24, 2.45) is 5.92 Å². The number of hydrogen-bond donors (Lipinski definition) is 2. The summed E-state index contributed by atoms with van der Waals surface area (Å²) in [5.41, 5.74) is 1.65. The monoisotopic (exact) mass is 380 g/mol. The minimum absolute atomic E-state index is 0. The lowest BCUT2D eigenvalue weighted by Gasteiger charge is -2.22. The van der Waals surface area contributed by atoms with Gasteiger partial charge in [0.05, 0.1) is 4.90 Å². The van der Waals surface area contributed by atoms with E-state index >= 15 is 0 Å². The Hall–Kier alpha value is -1.40. The highest BCUT2D eigenvalue weighted by atomic mass is 35.5. The van der Waals surface area contributed by atoms with Crippen molar-refractivity contribution in [1.29, 1.82) is 0 Å². The van der Waals surface area contributed by atoms with Crippen LogP contribution in [0, 0.1) is 5.92 Å². The molecule has 2 aromatic carbocycles. The Kier molecular flexibility index (Phi) is 7.44. The van der Waals surface area contributed by atoms with Crippen LogP contribution < -0.4 is 10.0 Å². The van der Waals surface area contributed by atoms with Crippen molar-refractivity contribution in [3.05, 3.63) is 54.6 Å². The standard InChI is InChI=1S/C19H24N2O2S.ClH/c22-24(23,21-14-12-16-7-6-13-20-15-16)19-11-5-4-10-18(19)17-8-2-1-3-9-17;/h1-5,8-11,16,20-21H,6-7,12-15H2;1H. The number of halogens is 1. The van der Waals surface area contributed by atoms with Gasteiger partial charge >= 0.3 is 0 Å². The quantitative estimate of drug-likeness (QED) is 0.807. The Labute approximate surface area is 156 Å². The third kappa shape index (κ3) is 5.28. The molecule has 3 rings (SSSR count). The lowest BCUT2D eigenvalue weighted by atomic mass is 9.96. The minimum Gasteiger partial charge on any atom is -0.316 e. The third-order valence-electron chi connectivity index (χ3n) is 4.50. The van der Waals surface area contributed by atoms with Crippen molar-refractivity contribution >= 4 is 22.4 Å². The van der Waals surface area contributed by atoms with Gasteiger partial charge in [0, 0.05) is 12.1 Å². The minimum atomic E-state index is -3.51. The Morgan fingerprint density at radius 2 is 1.76 bits per heavy atom. The molecular formula is C19H25ClN2O2S. The maximum absolute atomic E-state index is 12.7. The summed E-state index contributed by atoms with van der Waals surface area (Å²) in [5, 5.41) is 3.37. The normalized spacial score (nSPS) is 17.7. The lowest BCUT2D eigenvalue weighted by Crippen LogP contribution is -2.33. The third-order valence-corrected chi connectivity index (χ3v) is 6.02. The van der Waals surface area contributed by atoms with Crippen LogP contribution in [0.5, 0.6) is 0 Å². The highest BCUT2D eigenvalue weighted by molar-refractivity contribution is 7.89. The van der Waals surface area contributed by atoms with Gasteiger partial charge in [-0.1, -0.05) is 48.5 Å². The van der Waals surface area contributed by atoms with E-state index in [1.54, 1.807) is 12.1 Å². The first kappa shape index (κ1) is 19.9. The smallest absolute Gasteiger partial charge is 0.241 e. The number of sulfonamides is 1. The van der Waals surface area contributed by atoms with E-state index in [0.29, 0.717) is 17.4 Å². The van der Waals surface area contributed by atoms with E-state index in [1.165, 1.54) is 12.8 Å². The van der Waals surface area contributed by atoms with Crippen LogP contribution in [0.1, 0.15) is 19.3 Å². The summed E-state index contributed by atoms with van der Waals surface area (Å²) in [6.07, 6.45) is 3.23. The van der Waals surface area contributed by atoms with E-state index in [0.717, 1.165) is 30.6 Å². The first-order valence-electron chi connectivity index (χ1n) is 8.52. The second-order valence-electron chi connectivity index (χ2n) is 6.26. The van der Waals surface area contributed by atoms with Crippen molar-refractivity contribution in [2.45, 2.75) is 24.2 Å². The Morgan fingerprint density at radius 1 is 1.04 bits per heavy atom. The van der Waals surface area contributed by atoms with E-state index in [-0.39, 0.29) is 12.4 Å². The van der Waals surface area contributed by atoms with E-state index in [2.05, 4.69) is 10.0 Å². The van der Waals surface area contributed by atoms with E-state index < -0.39 is 10.0 Å². The van der Waals surface area contributed by atoms with Crippen LogP contribution in [0.25, 0.3) is 11.1 Å². The molecule has 4 nitrogen and oxygen atoms in total. The predicted octanol–water partition coefficient (Wildman–Crippen LogP) is 3.44. The van der Waals surface area contributed by atoms with Crippen molar-refractivity contribution in [2.75, 3.05) is 19.6 Å². The molecule has 0 amide bonds. The molecule has 0 bridgehead atoms. The first-order chi connectivity index (χ1) is 11.7. The SMILES string of the molecule is Cl.O=S(=O)(NCCC1CCCNC1)c1ccccc1-c1ccccc1. The molecule has 1 saturated heterocycles. The fourth-order valence-electron chi connectivity index (χ4n) is 3.20. The summed E-state index contributed by atoms with van der Waals surface area (Å²) in [5.74, 6) is 0.561. The maximum Gasteiger partial charge on any atom is 0.241 e. The molecule has 0 saturated carbocycles. The van der Waals surface area contributed by atoms with Gasteiger partial charge in [0.1, 0.15) is 0 Å². The highest BCUT2D eigenvalue weighted by Crippen LogP contribution is 2.27. The van der Waals surface area contributed by atoms with Crippen molar-refractivity contribution in [3.8, 4) is 11.1 Å². The Morgan fingerprint density at radius 3 is 2.48 bits per heavy atom. The molecule has 0 aromatic heterocycles. The summed E-state index contributed by atoms with van der Waals surface area (Å²) in [6.45, 7) is 2.55. The largest absolute Gasteiger partial charge is 0.316 e. The van der Waals surface area contributed by atoms with E-state index in [1.807, 2.05) is 42.5 Å². The van der Waals surface area contributed by atoms with Gasteiger partial charge in [-0.3, -0.25) is 0 Å². The molecule has 2 aromatic rings. The highest BCUT2D eigenvalue weighted by Gasteiger charge is 2.20. The molecule has 0 aliphatic carbocycles. The topological polar surface area (TPSA) is 58.2 Å². The second kappa shape index (κ2) is 9.34. The maximum atomic E-state index is 12.7. The van der Waals surface area contributed by atoms with Gasteiger partial charge in [-0.25, -0.2) is 13.1 Å². The number of rotatable bonds is 6. The zero-order chi connectivity index (χ0) is 16.8. The van der Waals surface area contributed by atoms with Crippen LogP contribution in [0.15, 0.2) is 59.5 Å². The summed E-state index contributed by atoms with van der Waals surface area (Å²) in [6, 6.07) is 16.8. The van der Waals surface area contributed by atoms with Crippen LogP contribution in [0.2, 0.25) is 0 Å². The average Bonchev–Trinajstić information content (AvgIpc) is 2.63. The zero-order valence-electron chi connectivity index (χ0n) is 14.1. The summed E-state index contributed by atoms with van der Waals surface area (Å²) >= 11 is 0. The molecule has 1 heterocycles. The predicted molar refractivity (Wildman–Crippen MR) is 105 cm³/mol. The number of benzene rings is 2. The van der Waals surface area contributed by atoms with Gasteiger partial charge in [-0.2, -0.15) is 0 Å². The Balaban J connectivity index is 0.00000225. The van der Waals surface area contributed by atoms with Gasteiger partial charge in [0.25, 0.3) is 0 Å². The molecule has 0 radical (unpaired) electrons. The van der Waals surface area contributed by atoms with Crippen LogP contribution in [-0.2, 0) is 10.0 Å². The summed E-state index contributed by atoms with van der Waals surface area (Å²) in [4.78, 5) is 0.345. The number of piperidine rings is 1. The number of nitrogens with one attached hydrogen (secondary N) is 2. The fraction of sp³-hybridized carbons (Fsp3) is 0.368. The van der Waals surface area contributed by atoms with Crippen LogP contribution in [-0.4, -0.2) is 28.1 Å². The second-order valence-corrected chi connectivity index (χ2v) is 8.00. The molecule has 1 atom stereocenters. The average molecular weight is 381 g/mol. The first-order valence-corrected chi connectivity index (χ1v) is 10.00. The molecule has 136 valence electrons. The molecule has 25 heavy (non-hydrogen) atoms. The molecule has 0 spiro atoms. The number of hydrogen-bond acceptors (Lipinski definition) is 3. The van der Waals surface area contributed by atoms with Crippen LogP contribution in [0.4, 0.5) is 0 Å². The van der Waals surface area contributed by atoms with Gasteiger partial charge in [0.2, 0.25) is 10.0 Å². The molecule has 6 heteroatoms. The lowest BCUT2D eigenvalue weighted by molar-refractivity contribution is 0.358. The van der Waals surface area contributed by atoms with Gasteiger partial charge < -0.3 is 5.32 Å². The van der Waals surface area contributed by atoms with Gasteiger partial charge in [-0.05, 0) is 49.9 Å². The summed E-state index contributed by atoms with van der Waals surface area (Å²) in [7, 11) is -3.51. The molecule has 1 unspecified atom stereocenters. The van der Waals surface area contributed by atoms with E-state index in [9.17, 15) is 8.42 Å². The molecule has 1 aliphatic rings. The molecule has 1 fully saturated rings. The van der Waals surface area contributed by atoms with Crippen molar-refractivity contribution in [3.63, 3.8) is 0 Å². The van der Waals surface area contributed by atoms with Crippen molar-refractivity contribution < 1.29 is 8.42 Å². The molecule has 1 aliphatic heterocycles. The van der Waals surface area contributed by atoms with Crippen molar-refractivity contribution in [1.82, 2.24) is 10.0 Å².